The van der Waals surface area contributed by atoms with Gasteiger partial charge in [-0.05, 0) is 53.6 Å². The minimum Gasteiger partial charge on any atom is -0.459 e. The van der Waals surface area contributed by atoms with E-state index >= 15 is 0 Å². The fraction of sp³-hybridized carbons (Fsp3) is 0.207. The Labute approximate surface area is 206 Å². The molecule has 5 nitrogen and oxygen atoms in total. The van der Waals surface area contributed by atoms with E-state index in [4.69, 9.17) is 14.6 Å². The van der Waals surface area contributed by atoms with Crippen LogP contribution in [0.1, 0.15) is 29.0 Å². The van der Waals surface area contributed by atoms with Crippen LogP contribution < -0.4 is 5.73 Å². The Morgan fingerprint density at radius 1 is 0.889 bits per heavy atom. The summed E-state index contributed by atoms with van der Waals surface area (Å²) >= 11 is 0. The third kappa shape index (κ3) is 4.05. The van der Waals surface area contributed by atoms with E-state index in [0.717, 1.165) is 33.0 Å². The summed E-state index contributed by atoms with van der Waals surface area (Å²) in [5.74, 6) is -1.55. The minimum atomic E-state index is -2.69. The van der Waals surface area contributed by atoms with Gasteiger partial charge in [0.2, 0.25) is 0 Å². The van der Waals surface area contributed by atoms with Gasteiger partial charge in [0, 0.05) is 42.3 Å². The Hall–Kier alpha value is -3.97. The van der Waals surface area contributed by atoms with Gasteiger partial charge in [0.1, 0.15) is 22.7 Å². The standard InChI is InChI=1S/C29H24F2N2O3/c30-29(31)9-11-33(12-10-29)28(34)19-7-5-18(6-8-19)21-13-22-14-23(17-32)35-27(22)24(15-21)26-16-20-3-1-2-4-25(20)36-26/h1-8,13-16H,9-12,17,32H2. The molecule has 0 unspecified atom stereocenters. The van der Waals surface area contributed by atoms with E-state index < -0.39 is 5.92 Å². The molecular weight excluding hydrogens is 462 g/mol. The number of nitrogens with two attached hydrogens (primary N) is 1. The van der Waals surface area contributed by atoms with Crippen LogP contribution in [0.5, 0.6) is 0 Å². The summed E-state index contributed by atoms with van der Waals surface area (Å²) in [6.45, 7) is 0.410. The van der Waals surface area contributed by atoms with Gasteiger partial charge in [-0.1, -0.05) is 30.3 Å². The van der Waals surface area contributed by atoms with Crippen LogP contribution in [0.2, 0.25) is 0 Å². The Bertz CT molecular complexity index is 1540. The lowest BCUT2D eigenvalue weighted by atomic mass is 9.98. The maximum Gasteiger partial charge on any atom is 0.253 e. The summed E-state index contributed by atoms with van der Waals surface area (Å²) in [6.07, 6.45) is -0.589. The van der Waals surface area contributed by atoms with Crippen LogP contribution in [0.25, 0.3) is 44.4 Å². The van der Waals surface area contributed by atoms with Crippen LogP contribution in [0, 0.1) is 0 Å². The number of alkyl halides is 2. The molecule has 2 N–H and O–H groups in total. The van der Waals surface area contributed by atoms with Crippen molar-refractivity contribution in [3.05, 3.63) is 84.1 Å². The molecule has 1 saturated heterocycles. The van der Waals surface area contributed by atoms with Gasteiger partial charge >= 0.3 is 0 Å². The van der Waals surface area contributed by atoms with Crippen molar-refractivity contribution in [2.24, 2.45) is 5.73 Å². The van der Waals surface area contributed by atoms with E-state index in [0.29, 0.717) is 22.7 Å². The molecule has 6 rings (SSSR count). The quantitative estimate of drug-likeness (QED) is 0.302. The predicted molar refractivity (Wildman–Crippen MR) is 135 cm³/mol. The SMILES string of the molecule is NCc1cc2cc(-c3ccc(C(=O)N4CCC(F)(F)CC4)cc3)cc(-c3cc4ccccc4o3)c2o1. The summed E-state index contributed by atoms with van der Waals surface area (Å²) in [7, 11) is 0. The zero-order chi connectivity index (χ0) is 24.9. The molecule has 0 spiro atoms. The summed E-state index contributed by atoms with van der Waals surface area (Å²) in [6, 6.07) is 23.0. The second-order valence-electron chi connectivity index (χ2n) is 9.23. The Kier molecular flexibility index (Phi) is 5.38. The highest BCUT2D eigenvalue weighted by Gasteiger charge is 2.35. The molecule has 1 aliphatic rings. The van der Waals surface area contributed by atoms with Gasteiger partial charge in [-0.2, -0.15) is 0 Å². The van der Waals surface area contributed by atoms with Crippen molar-refractivity contribution in [2.45, 2.75) is 25.3 Å². The Balaban J connectivity index is 1.36. The number of para-hydroxylation sites is 1. The summed E-state index contributed by atoms with van der Waals surface area (Å²) in [5.41, 5.74) is 10.5. The molecule has 7 heteroatoms. The van der Waals surface area contributed by atoms with Gasteiger partial charge < -0.3 is 19.5 Å². The number of piperidine rings is 1. The number of rotatable bonds is 4. The highest BCUT2D eigenvalue weighted by atomic mass is 19.3. The van der Waals surface area contributed by atoms with Gasteiger partial charge in [0.25, 0.3) is 11.8 Å². The number of carbonyl (C=O) groups excluding carboxylic acids is 1. The fourth-order valence-electron chi connectivity index (χ4n) is 4.80. The van der Waals surface area contributed by atoms with Gasteiger partial charge in [0.05, 0.1) is 12.1 Å². The molecule has 182 valence electrons. The number of benzene rings is 3. The average molecular weight is 487 g/mol. The number of amides is 1. The van der Waals surface area contributed by atoms with Crippen LogP contribution in [-0.2, 0) is 6.54 Å². The molecule has 0 radical (unpaired) electrons. The van der Waals surface area contributed by atoms with Gasteiger partial charge in [-0.3, -0.25) is 4.79 Å². The normalized spacial score (nSPS) is 15.6. The molecule has 1 fully saturated rings. The molecule has 1 aliphatic heterocycles. The number of carbonyl (C=O) groups is 1. The average Bonchev–Trinajstić information content (AvgIpc) is 3.52. The molecule has 0 aliphatic carbocycles. The highest BCUT2D eigenvalue weighted by molar-refractivity contribution is 5.98. The molecular formula is C29H24F2N2O3. The van der Waals surface area contributed by atoms with Crippen LogP contribution >= 0.6 is 0 Å². The van der Waals surface area contributed by atoms with Crippen molar-refractivity contribution >= 4 is 27.8 Å². The smallest absolute Gasteiger partial charge is 0.253 e. The van der Waals surface area contributed by atoms with Crippen molar-refractivity contribution in [1.82, 2.24) is 4.90 Å². The lowest BCUT2D eigenvalue weighted by Gasteiger charge is -2.31. The first-order chi connectivity index (χ1) is 17.4. The second kappa shape index (κ2) is 8.60. The number of fused-ring (bicyclic) bond motifs is 2. The molecule has 36 heavy (non-hydrogen) atoms. The van der Waals surface area contributed by atoms with E-state index in [1.54, 1.807) is 12.1 Å². The second-order valence-corrected chi connectivity index (χ2v) is 9.23. The monoisotopic (exact) mass is 486 g/mol. The zero-order valence-corrected chi connectivity index (χ0v) is 19.5. The van der Waals surface area contributed by atoms with Gasteiger partial charge in [-0.15, -0.1) is 0 Å². The van der Waals surface area contributed by atoms with E-state index in [2.05, 4.69) is 0 Å². The van der Waals surface area contributed by atoms with Crippen molar-refractivity contribution in [2.75, 3.05) is 13.1 Å². The first kappa shape index (κ1) is 22.5. The molecule has 3 heterocycles. The molecule has 3 aromatic carbocycles. The molecule has 0 saturated carbocycles. The van der Waals surface area contributed by atoms with Crippen molar-refractivity contribution in [3.8, 4) is 22.5 Å². The molecule has 0 bridgehead atoms. The number of hydrogen-bond acceptors (Lipinski definition) is 4. The number of halogens is 2. The number of nitrogens with zero attached hydrogens (tertiary/aromatic N) is 1. The minimum absolute atomic E-state index is 0.0646. The van der Waals surface area contributed by atoms with Crippen molar-refractivity contribution in [1.29, 1.82) is 0 Å². The van der Waals surface area contributed by atoms with Crippen LogP contribution in [-0.4, -0.2) is 29.8 Å². The Morgan fingerprint density at radius 2 is 1.64 bits per heavy atom. The van der Waals surface area contributed by atoms with Crippen LogP contribution in [0.3, 0.4) is 0 Å². The van der Waals surface area contributed by atoms with Crippen LogP contribution in [0.4, 0.5) is 8.78 Å². The lowest BCUT2D eigenvalue weighted by Crippen LogP contribution is -2.42. The van der Waals surface area contributed by atoms with Crippen LogP contribution in [0.15, 0.2) is 81.6 Å². The zero-order valence-electron chi connectivity index (χ0n) is 19.5. The van der Waals surface area contributed by atoms with Gasteiger partial charge in [-0.25, -0.2) is 8.78 Å². The first-order valence-electron chi connectivity index (χ1n) is 11.9. The molecule has 1 amide bonds. The van der Waals surface area contributed by atoms with Crippen molar-refractivity contribution < 1.29 is 22.4 Å². The third-order valence-corrected chi connectivity index (χ3v) is 6.81. The van der Waals surface area contributed by atoms with E-state index in [1.165, 1.54) is 4.90 Å². The van der Waals surface area contributed by atoms with E-state index in [-0.39, 0.29) is 38.4 Å². The van der Waals surface area contributed by atoms with Gasteiger partial charge in [0.15, 0.2) is 0 Å². The largest absolute Gasteiger partial charge is 0.459 e. The number of likely N-dealkylation sites (tertiary alicyclic amines) is 1. The molecule has 5 aromatic rings. The topological polar surface area (TPSA) is 72.6 Å². The summed E-state index contributed by atoms with van der Waals surface area (Å²) in [5, 5.41) is 1.90. The highest BCUT2D eigenvalue weighted by Crippen LogP contribution is 2.38. The number of furan rings is 2. The first-order valence-corrected chi connectivity index (χ1v) is 11.9. The maximum absolute atomic E-state index is 13.5. The summed E-state index contributed by atoms with van der Waals surface area (Å²) in [4.78, 5) is 14.3. The summed E-state index contributed by atoms with van der Waals surface area (Å²) < 4.78 is 39.1. The molecule has 0 atom stereocenters. The van der Waals surface area contributed by atoms with Crippen molar-refractivity contribution in [3.63, 3.8) is 0 Å². The molecule has 2 aromatic heterocycles. The van der Waals surface area contributed by atoms with E-state index in [1.807, 2.05) is 60.7 Å². The third-order valence-electron chi connectivity index (χ3n) is 6.81. The predicted octanol–water partition coefficient (Wildman–Crippen LogP) is 6.84. The maximum atomic E-state index is 13.5. The van der Waals surface area contributed by atoms with E-state index in [9.17, 15) is 13.6 Å². The number of hydrogen-bond donors (Lipinski definition) is 1. The fourth-order valence-corrected chi connectivity index (χ4v) is 4.80. The lowest BCUT2D eigenvalue weighted by molar-refractivity contribution is -0.0494. The Morgan fingerprint density at radius 3 is 2.36 bits per heavy atom.